The van der Waals surface area contributed by atoms with E-state index in [0.717, 1.165) is 94.1 Å². The Kier molecular flexibility index (Phi) is 7.96. The van der Waals surface area contributed by atoms with Crippen molar-refractivity contribution in [2.45, 2.75) is 51.1 Å². The van der Waals surface area contributed by atoms with Gasteiger partial charge in [-0.3, -0.25) is 14.7 Å². The zero-order chi connectivity index (χ0) is 32.1. The predicted molar refractivity (Wildman–Crippen MR) is 179 cm³/mol. The fraction of sp³-hybridized carbons (Fsp3) is 0.457. The van der Waals surface area contributed by atoms with Crippen molar-refractivity contribution in [3.8, 4) is 0 Å². The molecule has 0 spiro atoms. The van der Waals surface area contributed by atoms with E-state index in [4.69, 9.17) is 4.74 Å². The van der Waals surface area contributed by atoms with Crippen LogP contribution in [0.2, 0.25) is 0 Å². The first-order valence-corrected chi connectivity index (χ1v) is 16.7. The number of carbonyl (C=O) groups is 1. The average molecular weight is 639 g/mol. The number of carbonyl (C=O) groups excluding carboxylic acids is 1. The third kappa shape index (κ3) is 5.48. The van der Waals surface area contributed by atoms with E-state index in [1.807, 2.05) is 24.5 Å². The Morgan fingerprint density at radius 1 is 1.00 bits per heavy atom. The van der Waals surface area contributed by atoms with Gasteiger partial charge in [0.25, 0.3) is 5.91 Å². The summed E-state index contributed by atoms with van der Waals surface area (Å²) in [6.07, 6.45) is 12.1. The molecule has 3 aromatic heterocycles. The molecule has 0 bridgehead atoms. The molecule has 0 saturated carbocycles. The number of piperazine rings is 1. The molecule has 12 heteroatoms. The van der Waals surface area contributed by atoms with E-state index in [1.54, 1.807) is 29.2 Å². The lowest BCUT2D eigenvalue weighted by atomic mass is 9.97. The molecule has 3 aromatic rings. The van der Waals surface area contributed by atoms with Crippen molar-refractivity contribution in [1.82, 2.24) is 24.3 Å². The van der Waals surface area contributed by atoms with Gasteiger partial charge < -0.3 is 39.5 Å². The van der Waals surface area contributed by atoms with Crippen molar-refractivity contribution in [3.05, 3.63) is 82.8 Å². The Hall–Kier alpha value is -4.23. The second-order valence-corrected chi connectivity index (χ2v) is 13.1. The van der Waals surface area contributed by atoms with Gasteiger partial charge in [-0.1, -0.05) is 0 Å². The molecule has 8 heterocycles. The van der Waals surface area contributed by atoms with E-state index in [-0.39, 0.29) is 12.5 Å². The molecule has 0 aliphatic carbocycles. The van der Waals surface area contributed by atoms with Crippen LogP contribution in [-0.2, 0) is 30.7 Å². The third-order valence-corrected chi connectivity index (χ3v) is 10.4. The first-order valence-electron chi connectivity index (χ1n) is 16.7. The Morgan fingerprint density at radius 3 is 2.60 bits per heavy atom. The maximum absolute atomic E-state index is 13.8. The second kappa shape index (κ2) is 12.4. The van der Waals surface area contributed by atoms with E-state index in [2.05, 4.69) is 41.8 Å². The highest BCUT2D eigenvalue weighted by Gasteiger charge is 2.33. The summed E-state index contributed by atoms with van der Waals surface area (Å²) in [5, 5.41) is 25.1. The summed E-state index contributed by atoms with van der Waals surface area (Å²) >= 11 is 0. The molecule has 0 radical (unpaired) electrons. The lowest BCUT2D eigenvalue weighted by Gasteiger charge is -2.43. The number of allylic oxidation sites excluding steroid dienone is 2. The highest BCUT2D eigenvalue weighted by molar-refractivity contribution is 6.09. The van der Waals surface area contributed by atoms with E-state index < -0.39 is 6.23 Å². The molecule has 246 valence electrons. The molecule has 2 fully saturated rings. The quantitative estimate of drug-likeness (QED) is 0.356. The number of nitrogens with one attached hydrogen (secondary N) is 1. The van der Waals surface area contributed by atoms with Gasteiger partial charge in [-0.05, 0) is 43.5 Å². The number of ether oxygens (including phenoxy) is 1. The van der Waals surface area contributed by atoms with Crippen LogP contribution in [0.15, 0.2) is 54.8 Å². The number of anilines is 3. The molecule has 8 rings (SSSR count). The molecule has 5 aliphatic rings. The van der Waals surface area contributed by atoms with Crippen LogP contribution < -0.4 is 15.1 Å². The molecular formula is C35H42N8O4. The first kappa shape index (κ1) is 30.1. The monoisotopic (exact) mass is 638 g/mol. The van der Waals surface area contributed by atoms with Crippen molar-refractivity contribution >= 4 is 28.7 Å². The maximum atomic E-state index is 13.8. The number of fused-ring (bicyclic) bond motifs is 3. The van der Waals surface area contributed by atoms with Gasteiger partial charge in [0.15, 0.2) is 6.23 Å². The van der Waals surface area contributed by atoms with Gasteiger partial charge >= 0.3 is 0 Å². The fourth-order valence-electron chi connectivity index (χ4n) is 7.59. The van der Waals surface area contributed by atoms with Crippen molar-refractivity contribution < 1.29 is 19.7 Å². The average Bonchev–Trinajstić information content (AvgIpc) is 3.46. The Morgan fingerprint density at radius 2 is 1.85 bits per heavy atom. The zero-order valence-corrected chi connectivity index (χ0v) is 26.8. The van der Waals surface area contributed by atoms with Crippen LogP contribution in [0.4, 0.5) is 17.2 Å². The van der Waals surface area contributed by atoms with E-state index in [1.165, 1.54) is 5.69 Å². The van der Waals surface area contributed by atoms with Gasteiger partial charge in [0, 0.05) is 93.2 Å². The van der Waals surface area contributed by atoms with Gasteiger partial charge in [0.1, 0.15) is 5.82 Å². The molecule has 47 heavy (non-hydrogen) atoms. The van der Waals surface area contributed by atoms with Crippen LogP contribution in [0.1, 0.15) is 45.7 Å². The molecule has 5 aliphatic heterocycles. The summed E-state index contributed by atoms with van der Waals surface area (Å²) in [5.74, 6) is 0.576. The number of rotatable bonds is 7. The van der Waals surface area contributed by atoms with Crippen molar-refractivity contribution in [2.24, 2.45) is 0 Å². The number of likely N-dealkylation sites (N-methyl/N-ethyl adjacent to an activating group) is 1. The fourth-order valence-corrected chi connectivity index (χ4v) is 7.59. The third-order valence-electron chi connectivity index (χ3n) is 10.4. The maximum Gasteiger partial charge on any atom is 0.260 e. The number of nitrogens with zero attached hydrogens (tertiary/aromatic N) is 7. The van der Waals surface area contributed by atoms with Gasteiger partial charge in [-0.15, -0.1) is 0 Å². The van der Waals surface area contributed by atoms with Crippen molar-refractivity contribution in [3.63, 3.8) is 0 Å². The summed E-state index contributed by atoms with van der Waals surface area (Å²) < 4.78 is 7.69. The summed E-state index contributed by atoms with van der Waals surface area (Å²) in [6, 6.07) is 6.62. The Balaban J connectivity index is 1.01. The number of hydrogen-bond donors (Lipinski definition) is 3. The highest BCUT2D eigenvalue weighted by atomic mass is 16.5. The van der Waals surface area contributed by atoms with Crippen LogP contribution in [-0.4, -0.2) is 106 Å². The summed E-state index contributed by atoms with van der Waals surface area (Å²) in [7, 11) is 1.80. The first-order chi connectivity index (χ1) is 23.0. The van der Waals surface area contributed by atoms with Crippen molar-refractivity contribution in [2.75, 3.05) is 68.1 Å². The van der Waals surface area contributed by atoms with Crippen molar-refractivity contribution in [1.29, 1.82) is 0 Å². The number of pyridine rings is 2. The van der Waals surface area contributed by atoms with E-state index >= 15 is 0 Å². The molecular weight excluding hydrogens is 596 g/mol. The molecule has 1 amide bonds. The van der Waals surface area contributed by atoms with Gasteiger partial charge in [-0.2, -0.15) is 0 Å². The highest BCUT2D eigenvalue weighted by Crippen LogP contribution is 2.36. The summed E-state index contributed by atoms with van der Waals surface area (Å²) in [6.45, 7) is 6.85. The number of aromatic nitrogens is 3. The normalized spacial score (nSPS) is 22.0. The second-order valence-electron chi connectivity index (χ2n) is 13.1. The van der Waals surface area contributed by atoms with Crippen LogP contribution in [0.3, 0.4) is 0 Å². The molecule has 0 aromatic carbocycles. The van der Waals surface area contributed by atoms with Gasteiger partial charge in [0.05, 0.1) is 60.9 Å². The van der Waals surface area contributed by atoms with Crippen LogP contribution in [0.25, 0.3) is 5.57 Å². The predicted octanol–water partition coefficient (Wildman–Crippen LogP) is 2.43. The number of hydrogen-bond acceptors (Lipinski definition) is 10. The Labute approximate surface area is 274 Å². The topological polar surface area (TPSA) is 122 Å². The lowest BCUT2D eigenvalue weighted by molar-refractivity contribution is -0.0660. The molecule has 1 unspecified atom stereocenters. The minimum atomic E-state index is -0.916. The van der Waals surface area contributed by atoms with Crippen LogP contribution in [0, 0.1) is 0 Å². The minimum absolute atomic E-state index is 0.0470. The number of aliphatic hydroxyl groups excluding tert-OH is 2. The standard InChI is InChI=1S/C35H42N8O4/c1-39-19-23(14-30(35(39)46)38-33-6-5-25(16-37-33)40-10-12-41(13-11-40)26-21-47-22-26)28-17-36-18-32(29(28)20-44)43-9-7-31-27(34(43)45)15-24-4-2-3-8-42(24)31/h5-6,14-19,26,35,44,46H,2-4,7-13,20-22H2,1H3,(H,37,38). The van der Waals surface area contributed by atoms with Crippen LogP contribution >= 0.6 is 0 Å². The number of amides is 1. The van der Waals surface area contributed by atoms with Gasteiger partial charge in [0.2, 0.25) is 0 Å². The van der Waals surface area contributed by atoms with E-state index in [0.29, 0.717) is 40.9 Å². The van der Waals surface area contributed by atoms with E-state index in [9.17, 15) is 15.0 Å². The molecule has 1 atom stereocenters. The largest absolute Gasteiger partial charge is 0.392 e. The SMILES string of the molecule is CN1C=C(c2cncc(N3CCc4c(cc5n4CCCC5)C3=O)c2CO)C=C(Nc2ccc(N3CCN(C4COC4)CC3)cn2)C1O. The number of aryl methyl sites for hydroxylation is 1. The molecule has 12 nitrogen and oxygen atoms in total. The summed E-state index contributed by atoms with van der Waals surface area (Å²) in [5.41, 5.74) is 7.46. The summed E-state index contributed by atoms with van der Waals surface area (Å²) in [4.78, 5) is 31.3. The molecule has 3 N–H and O–H groups in total. The zero-order valence-electron chi connectivity index (χ0n) is 26.8. The molecule has 2 saturated heterocycles. The smallest absolute Gasteiger partial charge is 0.260 e. The Bertz CT molecular complexity index is 1720. The lowest BCUT2D eigenvalue weighted by Crippen LogP contribution is -2.56. The van der Waals surface area contributed by atoms with Crippen LogP contribution in [0.5, 0.6) is 0 Å². The minimum Gasteiger partial charge on any atom is -0.392 e. The number of aliphatic hydroxyl groups is 2. The van der Waals surface area contributed by atoms with Gasteiger partial charge in [-0.25, -0.2) is 4.98 Å².